The smallest absolute Gasteiger partial charge is 0.275 e. The Balaban J connectivity index is 1.28. The summed E-state index contributed by atoms with van der Waals surface area (Å²) in [4.78, 5) is 16.5. The Morgan fingerprint density at radius 3 is 2.67 bits per heavy atom. The number of nitrogens with zero attached hydrogens (tertiary/aromatic N) is 4. The van der Waals surface area contributed by atoms with Gasteiger partial charge in [-0.1, -0.05) is 16.6 Å². The van der Waals surface area contributed by atoms with Crippen LogP contribution in [-0.4, -0.2) is 51.5 Å². The summed E-state index contributed by atoms with van der Waals surface area (Å²) in [5.41, 5.74) is 0.857. The molecular weight excluding hydrogens is 370 g/mol. The van der Waals surface area contributed by atoms with Gasteiger partial charge in [0.1, 0.15) is 0 Å². The van der Waals surface area contributed by atoms with E-state index in [0.29, 0.717) is 29.6 Å². The minimum Gasteiger partial charge on any atom is -0.337 e. The maximum Gasteiger partial charge on any atom is 0.275 e. The lowest BCUT2D eigenvalue weighted by Gasteiger charge is -2.34. The first kappa shape index (κ1) is 18.4. The third-order valence-electron chi connectivity index (χ3n) is 5.82. The molecule has 8 heteroatoms. The third-order valence-corrected chi connectivity index (χ3v) is 6.32. The van der Waals surface area contributed by atoms with Gasteiger partial charge in [-0.2, -0.15) is 0 Å². The molecule has 2 aliphatic rings. The van der Waals surface area contributed by atoms with E-state index in [0.717, 1.165) is 51.5 Å². The van der Waals surface area contributed by atoms with Gasteiger partial charge in [-0.15, -0.1) is 5.10 Å². The average Bonchev–Trinajstić information content (AvgIpc) is 3.38. The first-order valence-electron chi connectivity index (χ1n) is 9.33. The van der Waals surface area contributed by atoms with Gasteiger partial charge in [0.15, 0.2) is 17.3 Å². The molecule has 144 valence electrons. The number of likely N-dealkylation sites (tertiary alicyclic amines) is 2. The van der Waals surface area contributed by atoms with Gasteiger partial charge >= 0.3 is 0 Å². The van der Waals surface area contributed by atoms with E-state index >= 15 is 0 Å². The molecule has 0 bridgehead atoms. The highest BCUT2D eigenvalue weighted by molar-refractivity contribution is 7.03. The Morgan fingerprint density at radius 1 is 1.15 bits per heavy atom. The van der Waals surface area contributed by atoms with Crippen LogP contribution in [0.3, 0.4) is 0 Å². The van der Waals surface area contributed by atoms with Crippen LogP contribution in [0.25, 0.3) is 0 Å². The molecular formula is C19H22F2N4OS. The Labute approximate surface area is 161 Å². The van der Waals surface area contributed by atoms with Gasteiger partial charge in [-0.05, 0) is 61.8 Å². The molecule has 1 atom stereocenters. The highest BCUT2D eigenvalue weighted by atomic mass is 32.1. The summed E-state index contributed by atoms with van der Waals surface area (Å²) in [6.45, 7) is 3.75. The summed E-state index contributed by atoms with van der Waals surface area (Å²) >= 11 is 1.19. The van der Waals surface area contributed by atoms with E-state index in [2.05, 4.69) is 14.5 Å². The lowest BCUT2D eigenvalue weighted by Crippen LogP contribution is -2.37. The number of halogens is 2. The van der Waals surface area contributed by atoms with Gasteiger partial charge in [-0.25, -0.2) is 8.78 Å². The Kier molecular flexibility index (Phi) is 5.45. The summed E-state index contributed by atoms with van der Waals surface area (Å²) in [6.07, 6.45) is 3.08. The summed E-state index contributed by atoms with van der Waals surface area (Å²) in [6, 6.07) is 4.36. The fraction of sp³-hybridized carbons (Fsp3) is 0.526. The van der Waals surface area contributed by atoms with Crippen LogP contribution >= 0.6 is 11.5 Å². The lowest BCUT2D eigenvalue weighted by molar-refractivity contribution is 0.0767. The van der Waals surface area contributed by atoms with E-state index in [4.69, 9.17) is 0 Å². The number of piperidine rings is 1. The monoisotopic (exact) mass is 392 g/mol. The number of aromatic nitrogens is 2. The number of rotatable bonds is 4. The second-order valence-electron chi connectivity index (χ2n) is 7.42. The molecule has 0 aliphatic carbocycles. The third kappa shape index (κ3) is 4.01. The van der Waals surface area contributed by atoms with Crippen molar-refractivity contribution < 1.29 is 13.6 Å². The van der Waals surface area contributed by atoms with Crippen molar-refractivity contribution in [2.75, 3.05) is 26.2 Å². The first-order chi connectivity index (χ1) is 13.1. The van der Waals surface area contributed by atoms with Crippen molar-refractivity contribution >= 4 is 17.4 Å². The molecule has 0 N–H and O–H groups in total. The fourth-order valence-corrected chi connectivity index (χ4v) is 4.70. The van der Waals surface area contributed by atoms with Crippen LogP contribution < -0.4 is 0 Å². The molecule has 2 aliphatic heterocycles. The standard InChI is InChI=1S/C19H22F2N4OS/c20-16-3-1-2-15(18(16)21)10-24-7-4-13(5-8-24)14-6-9-25(11-14)19(26)17-12-27-23-22-17/h1-3,12-14H,4-11H2/t14-/m0/s1. The van der Waals surface area contributed by atoms with E-state index in [9.17, 15) is 13.6 Å². The van der Waals surface area contributed by atoms with Gasteiger partial charge in [0, 0.05) is 30.6 Å². The zero-order chi connectivity index (χ0) is 18.8. The highest BCUT2D eigenvalue weighted by Gasteiger charge is 2.34. The van der Waals surface area contributed by atoms with Crippen molar-refractivity contribution in [2.24, 2.45) is 11.8 Å². The van der Waals surface area contributed by atoms with Crippen LogP contribution in [0.5, 0.6) is 0 Å². The number of amides is 1. The number of carbonyl (C=O) groups is 1. The van der Waals surface area contributed by atoms with Crippen molar-refractivity contribution in [1.82, 2.24) is 19.4 Å². The van der Waals surface area contributed by atoms with E-state index < -0.39 is 11.6 Å². The molecule has 1 aromatic heterocycles. The van der Waals surface area contributed by atoms with Crippen LogP contribution in [0, 0.1) is 23.5 Å². The minimum atomic E-state index is -0.784. The maximum atomic E-state index is 13.9. The molecule has 1 aromatic carbocycles. The second kappa shape index (κ2) is 7.98. The molecule has 0 radical (unpaired) electrons. The van der Waals surface area contributed by atoms with Gasteiger partial charge in [0.2, 0.25) is 0 Å². The predicted octanol–water partition coefficient (Wildman–Crippen LogP) is 3.19. The molecule has 4 rings (SSSR count). The normalized spacial score (nSPS) is 21.7. The maximum absolute atomic E-state index is 13.9. The van der Waals surface area contributed by atoms with Crippen LogP contribution in [0.4, 0.5) is 8.78 Å². The molecule has 1 amide bonds. The zero-order valence-electron chi connectivity index (χ0n) is 15.0. The van der Waals surface area contributed by atoms with Crippen molar-refractivity contribution in [3.63, 3.8) is 0 Å². The van der Waals surface area contributed by atoms with E-state index in [-0.39, 0.29) is 5.91 Å². The number of hydrogen-bond acceptors (Lipinski definition) is 5. The highest BCUT2D eigenvalue weighted by Crippen LogP contribution is 2.33. The zero-order valence-corrected chi connectivity index (χ0v) is 15.8. The molecule has 3 heterocycles. The van der Waals surface area contributed by atoms with Crippen molar-refractivity contribution in [2.45, 2.75) is 25.8 Å². The molecule has 2 saturated heterocycles. The summed E-state index contributed by atoms with van der Waals surface area (Å²) < 4.78 is 31.0. The van der Waals surface area contributed by atoms with Crippen LogP contribution in [-0.2, 0) is 6.54 Å². The van der Waals surface area contributed by atoms with Crippen molar-refractivity contribution in [1.29, 1.82) is 0 Å². The van der Waals surface area contributed by atoms with E-state index in [1.54, 1.807) is 17.5 Å². The summed E-state index contributed by atoms with van der Waals surface area (Å²) in [5.74, 6) is -0.460. The van der Waals surface area contributed by atoms with E-state index in [1.165, 1.54) is 11.5 Å². The Hall–Kier alpha value is -1.93. The number of carbonyl (C=O) groups excluding carboxylic acids is 1. The van der Waals surface area contributed by atoms with Gasteiger partial charge in [0.05, 0.1) is 0 Å². The molecule has 2 aromatic rings. The van der Waals surface area contributed by atoms with Gasteiger partial charge < -0.3 is 4.90 Å². The minimum absolute atomic E-state index is 0.0229. The first-order valence-corrected chi connectivity index (χ1v) is 10.2. The Bertz CT molecular complexity index is 793. The largest absolute Gasteiger partial charge is 0.337 e. The molecule has 0 spiro atoms. The average molecular weight is 392 g/mol. The predicted molar refractivity (Wildman–Crippen MR) is 98.3 cm³/mol. The van der Waals surface area contributed by atoms with Crippen LogP contribution in [0.2, 0.25) is 0 Å². The van der Waals surface area contributed by atoms with Crippen LogP contribution in [0.1, 0.15) is 35.3 Å². The SMILES string of the molecule is O=C(c1csnn1)N1CC[C@H](C2CCN(Cc3cccc(F)c3F)CC2)C1. The van der Waals surface area contributed by atoms with E-state index in [1.807, 2.05) is 4.90 Å². The molecule has 0 saturated carbocycles. The molecule has 5 nitrogen and oxygen atoms in total. The topological polar surface area (TPSA) is 49.3 Å². The second-order valence-corrected chi connectivity index (χ2v) is 8.03. The quantitative estimate of drug-likeness (QED) is 0.802. The van der Waals surface area contributed by atoms with Crippen LogP contribution in [0.15, 0.2) is 23.6 Å². The molecule has 27 heavy (non-hydrogen) atoms. The summed E-state index contributed by atoms with van der Waals surface area (Å²) in [7, 11) is 0. The fourth-order valence-electron chi connectivity index (χ4n) is 4.27. The Morgan fingerprint density at radius 2 is 1.93 bits per heavy atom. The number of hydrogen-bond donors (Lipinski definition) is 0. The van der Waals surface area contributed by atoms with Crippen molar-refractivity contribution in [3.8, 4) is 0 Å². The molecule has 0 unspecified atom stereocenters. The summed E-state index contributed by atoms with van der Waals surface area (Å²) in [5, 5.41) is 5.57. The van der Waals surface area contributed by atoms with Crippen molar-refractivity contribution in [3.05, 3.63) is 46.5 Å². The van der Waals surface area contributed by atoms with Gasteiger partial charge in [-0.3, -0.25) is 9.69 Å². The van der Waals surface area contributed by atoms with Gasteiger partial charge in [0.25, 0.3) is 5.91 Å². The number of benzene rings is 1. The molecule has 2 fully saturated rings. The lowest BCUT2D eigenvalue weighted by atomic mass is 9.83.